The van der Waals surface area contributed by atoms with Gasteiger partial charge in [-0.1, -0.05) is 44.5 Å². The van der Waals surface area contributed by atoms with E-state index in [1.54, 1.807) is 42.5 Å². The van der Waals surface area contributed by atoms with Crippen LogP contribution in [0.4, 0.5) is 11.4 Å². The molecule has 1 N–H and O–H groups in total. The second-order valence-corrected chi connectivity index (χ2v) is 11.3. The van der Waals surface area contributed by atoms with Crippen LogP contribution in [0.3, 0.4) is 0 Å². The van der Waals surface area contributed by atoms with Gasteiger partial charge in [0.05, 0.1) is 10.9 Å². The number of rotatable bonds is 7. The van der Waals surface area contributed by atoms with E-state index in [1.165, 1.54) is 10.5 Å². The molecule has 198 valence electrons. The van der Waals surface area contributed by atoms with Gasteiger partial charge in [-0.15, -0.1) is 0 Å². The Bertz CT molecular complexity index is 1340. The van der Waals surface area contributed by atoms with Crippen molar-refractivity contribution in [3.8, 4) is 11.5 Å². The molecule has 4 rings (SSSR count). The quantitative estimate of drug-likeness (QED) is 0.305. The van der Waals surface area contributed by atoms with Crippen LogP contribution in [0.5, 0.6) is 11.5 Å². The number of nitrogens with one attached hydrogen (secondary N) is 1. The molecule has 1 fully saturated rings. The average molecular weight is 600 g/mol. The van der Waals surface area contributed by atoms with Gasteiger partial charge in [0, 0.05) is 28.8 Å². The topological polar surface area (TPSA) is 84.9 Å². The zero-order valence-electron chi connectivity index (χ0n) is 21.3. The van der Waals surface area contributed by atoms with Crippen molar-refractivity contribution in [2.24, 2.45) is 5.92 Å². The summed E-state index contributed by atoms with van der Waals surface area (Å²) >= 11 is 9.31. The molecule has 3 aromatic carbocycles. The second-order valence-electron chi connectivity index (χ2n) is 10.1. The second kappa shape index (κ2) is 11.6. The fourth-order valence-electron chi connectivity index (χ4n) is 3.99. The predicted molar refractivity (Wildman–Crippen MR) is 151 cm³/mol. The first-order valence-electron chi connectivity index (χ1n) is 12.1. The maximum atomic E-state index is 12.6. The van der Waals surface area contributed by atoms with E-state index < -0.39 is 24.4 Å². The summed E-state index contributed by atoms with van der Waals surface area (Å²) in [5.41, 5.74) is 2.42. The number of carbonyl (C=O) groups is 3. The van der Waals surface area contributed by atoms with E-state index in [-0.39, 0.29) is 24.3 Å². The molecule has 38 heavy (non-hydrogen) atoms. The Morgan fingerprint density at radius 2 is 1.66 bits per heavy atom. The monoisotopic (exact) mass is 598 g/mol. The number of hydrogen-bond acceptors (Lipinski definition) is 5. The molecule has 0 aliphatic carbocycles. The van der Waals surface area contributed by atoms with Gasteiger partial charge in [-0.3, -0.25) is 14.4 Å². The minimum Gasteiger partial charge on any atom is -0.457 e. The first-order chi connectivity index (χ1) is 18.0. The van der Waals surface area contributed by atoms with Crippen LogP contribution in [0.1, 0.15) is 32.8 Å². The van der Waals surface area contributed by atoms with Gasteiger partial charge >= 0.3 is 5.97 Å². The Hall–Kier alpha value is -3.36. The molecule has 0 spiro atoms. The molecule has 0 saturated carbocycles. The van der Waals surface area contributed by atoms with Crippen LogP contribution in [-0.2, 0) is 24.5 Å². The first-order valence-corrected chi connectivity index (χ1v) is 13.3. The van der Waals surface area contributed by atoms with E-state index in [0.29, 0.717) is 26.6 Å². The molecule has 0 aromatic heterocycles. The van der Waals surface area contributed by atoms with Crippen LogP contribution in [-0.4, -0.2) is 30.9 Å². The number of hydrogen-bond donors (Lipinski definition) is 1. The molecule has 2 amide bonds. The standard InChI is InChI=1S/C29H28BrClN2O5/c1-29(2,3)19-4-9-22(10-5-19)38-23-11-7-21(8-12-23)33-16-18(14-27(33)35)28(36)37-17-26(34)32-20-6-13-24(30)25(31)15-20/h4-13,15,18H,14,16-17H2,1-3H3,(H,32,34)/t18-/m1/s1. The fraction of sp³-hybridized carbons (Fsp3) is 0.276. The summed E-state index contributed by atoms with van der Waals surface area (Å²) in [5.74, 6) is -0.580. The van der Waals surface area contributed by atoms with Crippen LogP contribution < -0.4 is 15.0 Å². The van der Waals surface area contributed by atoms with Crippen molar-refractivity contribution < 1.29 is 23.9 Å². The first kappa shape index (κ1) is 27.7. The Balaban J connectivity index is 1.29. The van der Waals surface area contributed by atoms with Crippen molar-refractivity contribution in [2.45, 2.75) is 32.6 Å². The molecule has 0 unspecified atom stereocenters. The molecule has 1 aliphatic rings. The van der Waals surface area contributed by atoms with Crippen molar-refractivity contribution in [2.75, 3.05) is 23.4 Å². The highest BCUT2D eigenvalue weighted by Gasteiger charge is 2.36. The zero-order valence-corrected chi connectivity index (χ0v) is 23.6. The van der Waals surface area contributed by atoms with E-state index in [1.807, 2.05) is 24.3 Å². The lowest BCUT2D eigenvalue weighted by molar-refractivity contribution is -0.151. The average Bonchev–Trinajstić information content (AvgIpc) is 3.27. The van der Waals surface area contributed by atoms with Gasteiger partial charge in [0.1, 0.15) is 11.5 Å². The van der Waals surface area contributed by atoms with Gasteiger partial charge in [0.15, 0.2) is 6.61 Å². The van der Waals surface area contributed by atoms with Crippen LogP contribution in [0.25, 0.3) is 0 Å². The van der Waals surface area contributed by atoms with Crippen molar-refractivity contribution in [1.82, 2.24) is 0 Å². The third-order valence-corrected chi connectivity index (χ3v) is 7.34. The summed E-state index contributed by atoms with van der Waals surface area (Å²) in [6, 6.07) is 20.0. The van der Waals surface area contributed by atoms with E-state index in [2.05, 4.69) is 42.0 Å². The van der Waals surface area contributed by atoms with Crippen LogP contribution in [0, 0.1) is 5.92 Å². The Morgan fingerprint density at radius 1 is 1.03 bits per heavy atom. The van der Waals surface area contributed by atoms with Crippen LogP contribution in [0.2, 0.25) is 5.02 Å². The van der Waals surface area contributed by atoms with Gasteiger partial charge in [-0.2, -0.15) is 0 Å². The maximum absolute atomic E-state index is 12.6. The lowest BCUT2D eigenvalue weighted by Gasteiger charge is -2.19. The summed E-state index contributed by atoms with van der Waals surface area (Å²) in [7, 11) is 0. The van der Waals surface area contributed by atoms with Gasteiger partial charge in [-0.05, 0) is 81.5 Å². The van der Waals surface area contributed by atoms with E-state index >= 15 is 0 Å². The summed E-state index contributed by atoms with van der Waals surface area (Å²) in [6.07, 6.45) is 0.0150. The molecule has 1 saturated heterocycles. The Labute approximate surface area is 235 Å². The van der Waals surface area contributed by atoms with Crippen LogP contribution in [0.15, 0.2) is 71.2 Å². The molecular formula is C29H28BrClN2O5. The van der Waals surface area contributed by atoms with E-state index in [9.17, 15) is 14.4 Å². The summed E-state index contributed by atoms with van der Waals surface area (Å²) in [4.78, 5) is 38.9. The molecule has 3 aromatic rings. The molecule has 7 nitrogen and oxygen atoms in total. The highest BCUT2D eigenvalue weighted by atomic mass is 79.9. The minimum atomic E-state index is -0.658. The van der Waals surface area contributed by atoms with Gasteiger partial charge in [-0.25, -0.2) is 0 Å². The SMILES string of the molecule is CC(C)(C)c1ccc(Oc2ccc(N3C[C@H](C(=O)OCC(=O)Nc4ccc(Br)c(Cl)c4)CC3=O)cc2)cc1. The summed E-state index contributed by atoms with van der Waals surface area (Å²) < 4.78 is 11.8. The number of esters is 1. The Morgan fingerprint density at radius 3 is 2.26 bits per heavy atom. The van der Waals surface area contributed by atoms with Gasteiger partial charge < -0.3 is 19.7 Å². The summed E-state index contributed by atoms with van der Waals surface area (Å²) in [6.45, 7) is 6.19. The number of ether oxygens (including phenoxy) is 2. The molecule has 1 atom stereocenters. The van der Waals surface area contributed by atoms with Crippen molar-refractivity contribution in [3.05, 3.63) is 81.8 Å². The number of halogens is 2. The molecule has 0 bridgehead atoms. The van der Waals surface area contributed by atoms with Crippen molar-refractivity contribution in [3.63, 3.8) is 0 Å². The molecule has 9 heteroatoms. The normalized spacial score (nSPS) is 15.3. The van der Waals surface area contributed by atoms with Gasteiger partial charge in [0.25, 0.3) is 5.91 Å². The van der Waals surface area contributed by atoms with Crippen LogP contribution >= 0.6 is 27.5 Å². The summed E-state index contributed by atoms with van der Waals surface area (Å²) in [5, 5.41) is 3.06. The fourth-order valence-corrected chi connectivity index (χ4v) is 4.42. The van der Waals surface area contributed by atoms with Crippen molar-refractivity contribution >= 4 is 56.7 Å². The predicted octanol–water partition coefficient (Wildman–Crippen LogP) is 6.73. The molecule has 1 heterocycles. The molecule has 0 radical (unpaired) electrons. The third kappa shape index (κ3) is 6.94. The number of carbonyl (C=O) groups excluding carboxylic acids is 3. The highest BCUT2D eigenvalue weighted by molar-refractivity contribution is 9.10. The largest absolute Gasteiger partial charge is 0.457 e. The zero-order chi connectivity index (χ0) is 27.4. The third-order valence-electron chi connectivity index (χ3n) is 6.11. The van der Waals surface area contributed by atoms with E-state index in [4.69, 9.17) is 21.1 Å². The lowest BCUT2D eigenvalue weighted by Crippen LogP contribution is -2.28. The number of benzene rings is 3. The number of anilines is 2. The smallest absolute Gasteiger partial charge is 0.311 e. The van der Waals surface area contributed by atoms with Crippen molar-refractivity contribution in [1.29, 1.82) is 0 Å². The highest BCUT2D eigenvalue weighted by Crippen LogP contribution is 2.31. The Kier molecular flexibility index (Phi) is 8.43. The molecular weight excluding hydrogens is 572 g/mol. The minimum absolute atomic E-state index is 0.0150. The lowest BCUT2D eigenvalue weighted by atomic mass is 9.87. The van der Waals surface area contributed by atoms with Gasteiger partial charge in [0.2, 0.25) is 5.91 Å². The van der Waals surface area contributed by atoms with E-state index in [0.717, 1.165) is 5.75 Å². The maximum Gasteiger partial charge on any atom is 0.311 e. The molecule has 1 aliphatic heterocycles. The number of nitrogens with zero attached hydrogens (tertiary/aromatic N) is 1. The number of amides is 2.